The molecule has 0 unspecified atom stereocenters. The first-order valence-electron chi connectivity index (χ1n) is 10.5. The molecule has 2 N–H and O–H groups in total. The molecular weight excluding hydrogens is 388 g/mol. The molecule has 0 radical (unpaired) electrons. The van der Waals surface area contributed by atoms with E-state index in [0.717, 1.165) is 63.3 Å². The van der Waals surface area contributed by atoms with Crippen LogP contribution in [0.4, 0.5) is 0 Å². The number of benzene rings is 1. The molecule has 162 valence electrons. The van der Waals surface area contributed by atoms with Crippen LogP contribution in [-0.2, 0) is 21.1 Å². The van der Waals surface area contributed by atoms with Crippen molar-refractivity contribution < 1.29 is 13.2 Å². The van der Waals surface area contributed by atoms with Gasteiger partial charge in [0.25, 0.3) is 0 Å². The van der Waals surface area contributed by atoms with E-state index >= 15 is 0 Å². The van der Waals surface area contributed by atoms with E-state index in [-0.39, 0.29) is 5.91 Å². The van der Waals surface area contributed by atoms with Crippen LogP contribution in [0.25, 0.3) is 0 Å². The first-order valence-corrected chi connectivity index (χ1v) is 12.4. The third-order valence-corrected chi connectivity index (χ3v) is 6.06. The number of nitrogens with one attached hydrogen (secondary N) is 2. The molecule has 1 fully saturated rings. The molecule has 29 heavy (non-hydrogen) atoms. The van der Waals surface area contributed by atoms with Gasteiger partial charge in [-0.2, -0.15) is 0 Å². The number of likely N-dealkylation sites (tertiary alicyclic amines) is 1. The Morgan fingerprint density at radius 2 is 1.90 bits per heavy atom. The lowest BCUT2D eigenvalue weighted by Crippen LogP contribution is -2.38. The Balaban J connectivity index is 1.76. The average Bonchev–Trinajstić information content (AvgIpc) is 2.89. The number of amides is 1. The fourth-order valence-electron chi connectivity index (χ4n) is 3.30. The van der Waals surface area contributed by atoms with Crippen molar-refractivity contribution in [2.75, 3.05) is 39.0 Å². The predicted octanol–water partition coefficient (Wildman–Crippen LogP) is 1.98. The van der Waals surface area contributed by atoms with E-state index in [9.17, 15) is 13.2 Å². The molecule has 1 aromatic rings. The van der Waals surface area contributed by atoms with Gasteiger partial charge in [0.15, 0.2) is 15.8 Å². The fourth-order valence-corrected chi connectivity index (χ4v) is 3.93. The van der Waals surface area contributed by atoms with E-state index < -0.39 is 9.84 Å². The predicted molar refractivity (Wildman–Crippen MR) is 117 cm³/mol. The van der Waals surface area contributed by atoms with Crippen LogP contribution in [0, 0.1) is 0 Å². The summed E-state index contributed by atoms with van der Waals surface area (Å²) in [6.07, 6.45) is 6.78. The van der Waals surface area contributed by atoms with Crippen molar-refractivity contribution in [3.05, 3.63) is 29.8 Å². The van der Waals surface area contributed by atoms with Gasteiger partial charge in [-0.1, -0.05) is 18.6 Å². The Morgan fingerprint density at radius 3 is 2.59 bits per heavy atom. The van der Waals surface area contributed by atoms with Gasteiger partial charge in [-0.3, -0.25) is 9.79 Å². The lowest BCUT2D eigenvalue weighted by molar-refractivity contribution is -0.130. The fraction of sp³-hybridized carbons (Fsp3) is 0.619. The van der Waals surface area contributed by atoms with E-state index in [4.69, 9.17) is 0 Å². The second kappa shape index (κ2) is 11.8. The SMILES string of the molecule is CCNC(=NCCCN1CCCCCC1=O)NCCc1ccc(S(C)(=O)=O)cc1. The van der Waals surface area contributed by atoms with Crippen molar-refractivity contribution in [2.45, 2.75) is 50.3 Å². The van der Waals surface area contributed by atoms with Crippen molar-refractivity contribution in [1.29, 1.82) is 0 Å². The number of nitrogens with zero attached hydrogens (tertiary/aromatic N) is 2. The van der Waals surface area contributed by atoms with Crippen molar-refractivity contribution in [1.82, 2.24) is 15.5 Å². The first kappa shape index (κ1) is 23.2. The van der Waals surface area contributed by atoms with Gasteiger partial charge < -0.3 is 15.5 Å². The Kier molecular flexibility index (Phi) is 9.44. The summed E-state index contributed by atoms with van der Waals surface area (Å²) in [5.41, 5.74) is 1.07. The summed E-state index contributed by atoms with van der Waals surface area (Å²) in [7, 11) is -3.16. The summed E-state index contributed by atoms with van der Waals surface area (Å²) in [5, 5.41) is 6.55. The smallest absolute Gasteiger partial charge is 0.222 e. The van der Waals surface area contributed by atoms with E-state index in [0.29, 0.717) is 24.4 Å². The third-order valence-electron chi connectivity index (χ3n) is 4.93. The maximum absolute atomic E-state index is 12.0. The minimum atomic E-state index is -3.16. The van der Waals surface area contributed by atoms with Gasteiger partial charge in [-0.25, -0.2) is 8.42 Å². The van der Waals surface area contributed by atoms with Crippen LogP contribution in [0.15, 0.2) is 34.2 Å². The van der Waals surface area contributed by atoms with E-state index in [1.54, 1.807) is 12.1 Å². The highest BCUT2D eigenvalue weighted by molar-refractivity contribution is 7.90. The minimum Gasteiger partial charge on any atom is -0.357 e. The van der Waals surface area contributed by atoms with Crippen LogP contribution >= 0.6 is 0 Å². The molecule has 1 aliphatic heterocycles. The number of carbonyl (C=O) groups is 1. The molecule has 1 saturated heterocycles. The first-order chi connectivity index (χ1) is 13.9. The zero-order chi connectivity index (χ0) is 21.1. The molecule has 7 nitrogen and oxygen atoms in total. The normalized spacial score (nSPS) is 15.9. The Morgan fingerprint density at radius 1 is 1.14 bits per heavy atom. The van der Waals surface area contributed by atoms with Crippen LogP contribution < -0.4 is 10.6 Å². The summed E-state index contributed by atoms with van der Waals surface area (Å²) in [6, 6.07) is 6.99. The highest BCUT2D eigenvalue weighted by Crippen LogP contribution is 2.12. The number of guanidine groups is 1. The molecule has 0 spiro atoms. The van der Waals surface area contributed by atoms with Crippen molar-refractivity contribution in [3.8, 4) is 0 Å². The van der Waals surface area contributed by atoms with Crippen LogP contribution in [0.5, 0.6) is 0 Å². The highest BCUT2D eigenvalue weighted by atomic mass is 32.2. The van der Waals surface area contributed by atoms with Crippen LogP contribution in [-0.4, -0.2) is 64.2 Å². The maximum atomic E-state index is 12.0. The summed E-state index contributed by atoms with van der Waals surface area (Å²) in [6.45, 7) is 5.82. The molecule has 0 aromatic heterocycles. The van der Waals surface area contributed by atoms with Gasteiger partial charge in [-0.15, -0.1) is 0 Å². The summed E-state index contributed by atoms with van der Waals surface area (Å²) < 4.78 is 23.0. The molecule has 0 saturated carbocycles. The van der Waals surface area contributed by atoms with Gasteiger partial charge >= 0.3 is 0 Å². The largest absolute Gasteiger partial charge is 0.357 e. The van der Waals surface area contributed by atoms with Crippen LogP contribution in [0.2, 0.25) is 0 Å². The second-order valence-corrected chi connectivity index (χ2v) is 9.41. The molecule has 1 aliphatic rings. The number of hydrogen-bond donors (Lipinski definition) is 2. The lowest BCUT2D eigenvalue weighted by atomic mass is 10.1. The van der Waals surface area contributed by atoms with Gasteiger partial charge in [0.05, 0.1) is 4.90 Å². The highest BCUT2D eigenvalue weighted by Gasteiger charge is 2.15. The molecule has 1 aromatic carbocycles. The lowest BCUT2D eigenvalue weighted by Gasteiger charge is -2.20. The van der Waals surface area contributed by atoms with Crippen LogP contribution in [0.1, 0.15) is 44.6 Å². The quantitative estimate of drug-likeness (QED) is 0.361. The Hall–Kier alpha value is -2.09. The van der Waals surface area contributed by atoms with Crippen molar-refractivity contribution in [2.24, 2.45) is 4.99 Å². The summed E-state index contributed by atoms with van der Waals surface area (Å²) in [4.78, 5) is 18.9. The number of rotatable bonds is 9. The monoisotopic (exact) mass is 422 g/mol. The molecule has 1 amide bonds. The molecule has 1 heterocycles. The van der Waals surface area contributed by atoms with E-state index in [2.05, 4.69) is 15.6 Å². The number of sulfone groups is 1. The van der Waals surface area contributed by atoms with Crippen molar-refractivity contribution >= 4 is 21.7 Å². The van der Waals surface area contributed by atoms with Crippen LogP contribution in [0.3, 0.4) is 0 Å². The summed E-state index contributed by atoms with van der Waals surface area (Å²) >= 11 is 0. The minimum absolute atomic E-state index is 0.276. The zero-order valence-corrected chi connectivity index (χ0v) is 18.4. The van der Waals surface area contributed by atoms with Gasteiger partial charge in [0.2, 0.25) is 5.91 Å². The Bertz CT molecular complexity index is 776. The molecule has 8 heteroatoms. The topological polar surface area (TPSA) is 90.9 Å². The standard InChI is InChI=1S/C21H34N4O3S/c1-3-22-21(23-14-7-17-25-16-6-4-5-8-20(25)26)24-15-13-18-9-11-19(12-10-18)29(2,27)28/h9-12H,3-8,13-17H2,1-2H3,(H2,22,23,24). The molecule has 0 aliphatic carbocycles. The molecule has 2 rings (SSSR count). The molecular formula is C21H34N4O3S. The molecule has 0 bridgehead atoms. The number of hydrogen-bond acceptors (Lipinski definition) is 4. The third kappa shape index (κ3) is 8.43. The van der Waals surface area contributed by atoms with Gasteiger partial charge in [0, 0.05) is 45.4 Å². The number of carbonyl (C=O) groups excluding carboxylic acids is 1. The van der Waals surface area contributed by atoms with Gasteiger partial charge in [0.1, 0.15) is 0 Å². The average molecular weight is 423 g/mol. The zero-order valence-electron chi connectivity index (χ0n) is 17.6. The summed E-state index contributed by atoms with van der Waals surface area (Å²) in [5.74, 6) is 1.04. The maximum Gasteiger partial charge on any atom is 0.222 e. The van der Waals surface area contributed by atoms with Gasteiger partial charge in [-0.05, 0) is 50.3 Å². The number of aliphatic imine (C=N–C) groups is 1. The van der Waals surface area contributed by atoms with E-state index in [1.165, 1.54) is 6.26 Å². The Labute approximate surface area is 174 Å². The second-order valence-electron chi connectivity index (χ2n) is 7.40. The van der Waals surface area contributed by atoms with E-state index in [1.807, 2.05) is 24.0 Å². The van der Waals surface area contributed by atoms with Crippen molar-refractivity contribution in [3.63, 3.8) is 0 Å². The molecule has 0 atom stereocenters.